The van der Waals surface area contributed by atoms with Crippen molar-refractivity contribution in [2.24, 2.45) is 0 Å². The number of hydrogen-bond acceptors (Lipinski definition) is 3. The molecule has 1 aliphatic carbocycles. The Morgan fingerprint density at radius 2 is 2.00 bits per heavy atom. The Kier molecular flexibility index (Phi) is 3.79. The summed E-state index contributed by atoms with van der Waals surface area (Å²) in [6, 6.07) is 6.67. The van der Waals surface area contributed by atoms with Crippen LogP contribution in [0.1, 0.15) is 29.6 Å². The Morgan fingerprint density at radius 3 is 2.63 bits per heavy atom. The van der Waals surface area contributed by atoms with Crippen LogP contribution in [0.5, 0.6) is 0 Å². The first kappa shape index (κ1) is 13.1. The number of carboxylic acid groups (broad SMARTS) is 1. The van der Waals surface area contributed by atoms with Crippen LogP contribution in [0.2, 0.25) is 0 Å². The van der Waals surface area contributed by atoms with Crippen molar-refractivity contribution < 1.29 is 19.5 Å². The van der Waals surface area contributed by atoms with Crippen LogP contribution < -0.4 is 10.6 Å². The summed E-state index contributed by atoms with van der Waals surface area (Å²) in [7, 11) is 0. The number of anilines is 1. The molecule has 6 heteroatoms. The molecule has 1 saturated carbocycles. The maximum absolute atomic E-state index is 11.8. The predicted octanol–water partition coefficient (Wildman–Crippen LogP) is 0.992. The van der Waals surface area contributed by atoms with Crippen LogP contribution in [-0.4, -0.2) is 28.9 Å². The lowest BCUT2D eigenvalue weighted by molar-refractivity contribution is -0.139. The van der Waals surface area contributed by atoms with Gasteiger partial charge in [0.15, 0.2) is 0 Å². The maximum Gasteiger partial charge on any atom is 0.312 e. The van der Waals surface area contributed by atoms with E-state index in [2.05, 4.69) is 10.6 Å². The van der Waals surface area contributed by atoms with E-state index in [0.29, 0.717) is 11.3 Å². The van der Waals surface area contributed by atoms with Crippen molar-refractivity contribution in [1.82, 2.24) is 5.32 Å². The van der Waals surface area contributed by atoms with E-state index in [-0.39, 0.29) is 11.9 Å². The number of hydrogen-bond donors (Lipinski definition) is 3. The highest BCUT2D eigenvalue weighted by Crippen LogP contribution is 2.20. The van der Waals surface area contributed by atoms with Gasteiger partial charge >= 0.3 is 5.97 Å². The van der Waals surface area contributed by atoms with Gasteiger partial charge in [0.2, 0.25) is 5.91 Å². The highest BCUT2D eigenvalue weighted by Gasteiger charge is 2.23. The summed E-state index contributed by atoms with van der Waals surface area (Å²) in [4.78, 5) is 33.5. The standard InChI is InChI=1S/C13H14N2O4/c16-11(7-12(17)18)14-10-3-1-2-8(6-10)13(19)15-9-4-5-9/h1-3,6,9H,4-5,7H2,(H,14,16)(H,15,19)(H,17,18). The van der Waals surface area contributed by atoms with Gasteiger partial charge < -0.3 is 15.7 Å². The molecule has 100 valence electrons. The van der Waals surface area contributed by atoms with Crippen molar-refractivity contribution in [2.75, 3.05) is 5.32 Å². The fourth-order valence-electron chi connectivity index (χ4n) is 1.58. The van der Waals surface area contributed by atoms with Gasteiger partial charge in [-0.2, -0.15) is 0 Å². The van der Waals surface area contributed by atoms with Gasteiger partial charge in [0.25, 0.3) is 5.91 Å². The quantitative estimate of drug-likeness (QED) is 0.689. The molecule has 0 bridgehead atoms. The number of nitrogens with one attached hydrogen (secondary N) is 2. The maximum atomic E-state index is 11.8. The molecule has 3 N–H and O–H groups in total. The summed E-state index contributed by atoms with van der Waals surface area (Å²) in [5.74, 6) is -2.00. The SMILES string of the molecule is O=C(O)CC(=O)Nc1cccc(C(=O)NC2CC2)c1. The Bertz CT molecular complexity index is 523. The second kappa shape index (κ2) is 5.51. The van der Waals surface area contributed by atoms with Gasteiger partial charge in [-0.1, -0.05) is 6.07 Å². The fourth-order valence-corrected chi connectivity index (χ4v) is 1.58. The van der Waals surface area contributed by atoms with Crippen LogP contribution in [0, 0.1) is 0 Å². The van der Waals surface area contributed by atoms with E-state index in [4.69, 9.17) is 5.11 Å². The van der Waals surface area contributed by atoms with Gasteiger partial charge in [-0.25, -0.2) is 0 Å². The van der Waals surface area contributed by atoms with E-state index in [1.165, 1.54) is 6.07 Å². The van der Waals surface area contributed by atoms with E-state index in [1.54, 1.807) is 18.2 Å². The first-order valence-electron chi connectivity index (χ1n) is 5.97. The van der Waals surface area contributed by atoms with Crippen LogP contribution in [0.25, 0.3) is 0 Å². The van der Waals surface area contributed by atoms with Gasteiger partial charge in [-0.15, -0.1) is 0 Å². The molecule has 0 spiro atoms. The molecule has 6 nitrogen and oxygen atoms in total. The third-order valence-corrected chi connectivity index (χ3v) is 2.63. The Labute approximate surface area is 109 Å². The number of amides is 2. The zero-order valence-electron chi connectivity index (χ0n) is 10.2. The number of carbonyl (C=O) groups is 3. The van der Waals surface area contributed by atoms with Crippen molar-refractivity contribution in [3.8, 4) is 0 Å². The van der Waals surface area contributed by atoms with E-state index in [0.717, 1.165) is 12.8 Å². The van der Waals surface area contributed by atoms with Gasteiger partial charge in [0.1, 0.15) is 6.42 Å². The predicted molar refractivity (Wildman–Crippen MR) is 67.8 cm³/mol. The molecular formula is C13H14N2O4. The number of rotatable bonds is 5. The summed E-state index contributed by atoms with van der Waals surface area (Å²) in [5.41, 5.74) is 0.856. The van der Waals surface area contributed by atoms with E-state index < -0.39 is 18.3 Å². The summed E-state index contributed by atoms with van der Waals surface area (Å²) in [5, 5.41) is 13.8. The lowest BCUT2D eigenvalue weighted by Gasteiger charge is -2.07. The molecule has 0 radical (unpaired) electrons. The lowest BCUT2D eigenvalue weighted by atomic mass is 10.2. The Balaban J connectivity index is 1.99. The third-order valence-electron chi connectivity index (χ3n) is 2.63. The third kappa shape index (κ3) is 4.09. The molecule has 0 atom stereocenters. The normalized spacial score (nSPS) is 13.7. The Hall–Kier alpha value is -2.37. The van der Waals surface area contributed by atoms with Crippen LogP contribution in [0.15, 0.2) is 24.3 Å². The van der Waals surface area contributed by atoms with Crippen LogP contribution in [0.4, 0.5) is 5.69 Å². The minimum absolute atomic E-state index is 0.183. The molecular weight excluding hydrogens is 248 g/mol. The zero-order valence-corrected chi connectivity index (χ0v) is 10.2. The number of aliphatic carboxylic acids is 1. The molecule has 0 heterocycles. The van der Waals surface area contributed by atoms with Crippen LogP contribution in [-0.2, 0) is 9.59 Å². The summed E-state index contributed by atoms with van der Waals surface area (Å²) in [6.45, 7) is 0. The highest BCUT2D eigenvalue weighted by molar-refractivity contribution is 6.02. The molecule has 0 saturated heterocycles. The minimum atomic E-state index is -1.19. The molecule has 1 fully saturated rings. The second-order valence-electron chi connectivity index (χ2n) is 4.45. The van der Waals surface area contributed by atoms with Crippen molar-refractivity contribution in [3.63, 3.8) is 0 Å². The highest BCUT2D eigenvalue weighted by atomic mass is 16.4. The van der Waals surface area contributed by atoms with Crippen molar-refractivity contribution in [2.45, 2.75) is 25.3 Å². The van der Waals surface area contributed by atoms with E-state index >= 15 is 0 Å². The molecule has 1 aromatic carbocycles. The van der Waals surface area contributed by atoms with Gasteiger partial charge in [-0.05, 0) is 31.0 Å². The number of carboxylic acids is 1. The first-order valence-corrected chi connectivity index (χ1v) is 5.97. The number of carbonyl (C=O) groups excluding carboxylic acids is 2. The Morgan fingerprint density at radius 1 is 1.26 bits per heavy atom. The summed E-state index contributed by atoms with van der Waals surface area (Å²) < 4.78 is 0. The molecule has 19 heavy (non-hydrogen) atoms. The lowest BCUT2D eigenvalue weighted by Crippen LogP contribution is -2.25. The second-order valence-corrected chi connectivity index (χ2v) is 4.45. The van der Waals surface area contributed by atoms with E-state index in [1.807, 2.05) is 0 Å². The zero-order chi connectivity index (χ0) is 13.8. The molecule has 0 unspecified atom stereocenters. The fraction of sp³-hybridized carbons (Fsp3) is 0.308. The van der Waals surface area contributed by atoms with Crippen molar-refractivity contribution >= 4 is 23.5 Å². The number of benzene rings is 1. The van der Waals surface area contributed by atoms with Gasteiger partial charge in [-0.3, -0.25) is 14.4 Å². The molecule has 2 amide bonds. The average molecular weight is 262 g/mol. The molecule has 1 aromatic rings. The van der Waals surface area contributed by atoms with Gasteiger partial charge in [0.05, 0.1) is 0 Å². The largest absolute Gasteiger partial charge is 0.481 e. The smallest absolute Gasteiger partial charge is 0.312 e. The molecule has 0 aliphatic heterocycles. The van der Waals surface area contributed by atoms with Crippen molar-refractivity contribution in [3.05, 3.63) is 29.8 Å². The van der Waals surface area contributed by atoms with E-state index in [9.17, 15) is 14.4 Å². The monoisotopic (exact) mass is 262 g/mol. The van der Waals surface area contributed by atoms with Crippen LogP contribution in [0.3, 0.4) is 0 Å². The molecule has 0 aromatic heterocycles. The molecule has 1 aliphatic rings. The van der Waals surface area contributed by atoms with Crippen molar-refractivity contribution in [1.29, 1.82) is 0 Å². The van der Waals surface area contributed by atoms with Crippen LogP contribution >= 0.6 is 0 Å². The molecule has 2 rings (SSSR count). The summed E-state index contributed by atoms with van der Waals surface area (Å²) in [6.07, 6.45) is 1.40. The topological polar surface area (TPSA) is 95.5 Å². The summed E-state index contributed by atoms with van der Waals surface area (Å²) >= 11 is 0. The minimum Gasteiger partial charge on any atom is -0.481 e. The van der Waals surface area contributed by atoms with Gasteiger partial charge in [0, 0.05) is 17.3 Å². The first-order chi connectivity index (χ1) is 9.04. The average Bonchev–Trinajstić information content (AvgIpc) is 3.12.